The second-order valence-corrected chi connectivity index (χ2v) is 10.3. The van der Waals surface area contributed by atoms with E-state index in [0.29, 0.717) is 16.1 Å². The molecule has 2 aromatic rings. The van der Waals surface area contributed by atoms with Crippen molar-refractivity contribution in [2.75, 3.05) is 6.54 Å². The summed E-state index contributed by atoms with van der Waals surface area (Å²) in [7, 11) is 0. The van der Waals surface area contributed by atoms with Gasteiger partial charge in [-0.05, 0) is 41.7 Å². The van der Waals surface area contributed by atoms with E-state index in [1.807, 2.05) is 0 Å². The van der Waals surface area contributed by atoms with E-state index < -0.39 is 66.3 Å². The zero-order chi connectivity index (χ0) is 31.0. The molecule has 0 saturated carbocycles. The van der Waals surface area contributed by atoms with Gasteiger partial charge in [-0.25, -0.2) is 0 Å². The molecule has 0 aliphatic heterocycles. The minimum absolute atomic E-state index is 0.0481. The molecule has 0 saturated heterocycles. The Bertz CT molecular complexity index is 1280. The summed E-state index contributed by atoms with van der Waals surface area (Å²) in [5, 5.41) is 4.07. The molecule has 0 radical (unpaired) electrons. The Morgan fingerprint density at radius 1 is 0.927 bits per heavy atom. The summed E-state index contributed by atoms with van der Waals surface area (Å²) >= 11 is 11.8. The molecule has 0 aromatic heterocycles. The van der Waals surface area contributed by atoms with Gasteiger partial charge in [-0.3, -0.25) is 19.2 Å². The second kappa shape index (κ2) is 14.5. The standard InChI is InChI=1S/C28H27Cl2F5N2O4/c1-16(2)19(25(40)28(34,35)26(41)36-15-27(31,32)33)14-23(38)22(13-17-6-4-3-5-7-17)37-24(39)11-9-18-8-10-20(29)21(30)12-18/h3-12,16,19,22H,13-15H2,1-2H3,(H,36,41)(H,37,39)/b11-9+/t19-,22-/m0/s1. The first-order valence-electron chi connectivity index (χ1n) is 12.3. The number of nitrogens with one attached hydrogen (secondary N) is 2. The highest BCUT2D eigenvalue weighted by atomic mass is 35.5. The number of alkyl halides is 5. The number of halogens is 7. The lowest BCUT2D eigenvalue weighted by Crippen LogP contribution is -2.52. The van der Waals surface area contributed by atoms with Crippen LogP contribution < -0.4 is 10.6 Å². The van der Waals surface area contributed by atoms with E-state index in [-0.39, 0.29) is 11.4 Å². The van der Waals surface area contributed by atoms with Crippen molar-refractivity contribution in [3.63, 3.8) is 0 Å². The molecule has 13 heteroatoms. The van der Waals surface area contributed by atoms with E-state index in [4.69, 9.17) is 23.2 Å². The molecule has 41 heavy (non-hydrogen) atoms. The van der Waals surface area contributed by atoms with Crippen LogP contribution in [0.25, 0.3) is 6.08 Å². The Kier molecular flexibility index (Phi) is 12.0. The molecule has 0 aliphatic carbocycles. The maximum Gasteiger partial charge on any atom is 0.405 e. The van der Waals surface area contributed by atoms with Crippen molar-refractivity contribution in [3.05, 3.63) is 75.8 Å². The third-order valence-corrected chi connectivity index (χ3v) is 6.70. The van der Waals surface area contributed by atoms with Gasteiger partial charge in [0.15, 0.2) is 5.78 Å². The lowest BCUT2D eigenvalue weighted by Gasteiger charge is -2.26. The molecule has 2 N–H and O–H groups in total. The maximum absolute atomic E-state index is 14.6. The van der Waals surface area contributed by atoms with Crippen molar-refractivity contribution < 1.29 is 41.1 Å². The Morgan fingerprint density at radius 2 is 1.56 bits per heavy atom. The van der Waals surface area contributed by atoms with Crippen molar-refractivity contribution >= 4 is 52.7 Å². The SMILES string of the molecule is CC(C)[C@H](CC(=O)[C@H](Cc1ccccc1)NC(=O)/C=C/c1ccc(Cl)c(Cl)c1)C(=O)C(F)(F)C(=O)NCC(F)(F)F. The molecule has 2 amide bonds. The summed E-state index contributed by atoms with van der Waals surface area (Å²) in [6.07, 6.45) is -3.29. The Balaban J connectivity index is 2.25. The van der Waals surface area contributed by atoms with Crippen LogP contribution in [0.3, 0.4) is 0 Å². The van der Waals surface area contributed by atoms with Gasteiger partial charge in [0.25, 0.3) is 5.91 Å². The minimum Gasteiger partial charge on any atom is -0.342 e. The first-order valence-corrected chi connectivity index (χ1v) is 13.0. The smallest absolute Gasteiger partial charge is 0.342 e. The molecule has 0 unspecified atom stereocenters. The van der Waals surface area contributed by atoms with Crippen molar-refractivity contribution in [2.45, 2.75) is 44.8 Å². The molecule has 0 fully saturated rings. The molecule has 6 nitrogen and oxygen atoms in total. The third kappa shape index (κ3) is 10.6. The van der Waals surface area contributed by atoms with Crippen molar-refractivity contribution in [3.8, 4) is 0 Å². The highest BCUT2D eigenvalue weighted by Crippen LogP contribution is 2.29. The Hall–Kier alpha value is -3.31. The molecule has 0 aliphatic rings. The van der Waals surface area contributed by atoms with Gasteiger partial charge in [0, 0.05) is 18.4 Å². The summed E-state index contributed by atoms with van der Waals surface area (Å²) in [4.78, 5) is 50.4. The van der Waals surface area contributed by atoms with Gasteiger partial charge < -0.3 is 10.6 Å². The highest BCUT2D eigenvalue weighted by molar-refractivity contribution is 6.42. The highest BCUT2D eigenvalue weighted by Gasteiger charge is 2.51. The van der Waals surface area contributed by atoms with E-state index in [9.17, 15) is 41.1 Å². The van der Waals surface area contributed by atoms with E-state index in [1.54, 1.807) is 36.4 Å². The van der Waals surface area contributed by atoms with Gasteiger partial charge in [0.1, 0.15) is 6.54 Å². The van der Waals surface area contributed by atoms with Crippen molar-refractivity contribution in [1.29, 1.82) is 0 Å². The van der Waals surface area contributed by atoms with Gasteiger partial charge in [0.05, 0.1) is 16.1 Å². The molecule has 2 atom stereocenters. The summed E-state index contributed by atoms with van der Waals surface area (Å²) in [5.41, 5.74) is 1.14. The van der Waals surface area contributed by atoms with Gasteiger partial charge in [0.2, 0.25) is 11.7 Å². The zero-order valence-electron chi connectivity index (χ0n) is 21.9. The molecule has 2 aromatic carbocycles. The van der Waals surface area contributed by atoms with Crippen LogP contribution in [0.2, 0.25) is 10.0 Å². The number of carbonyl (C=O) groups is 4. The van der Waals surface area contributed by atoms with Crippen LogP contribution in [-0.4, -0.2) is 48.1 Å². The number of carbonyl (C=O) groups excluding carboxylic acids is 4. The first-order chi connectivity index (χ1) is 19.0. The van der Waals surface area contributed by atoms with E-state index in [1.165, 1.54) is 32.1 Å². The fourth-order valence-electron chi connectivity index (χ4n) is 3.73. The van der Waals surface area contributed by atoms with Crippen LogP contribution in [0.1, 0.15) is 31.4 Å². The second-order valence-electron chi connectivity index (χ2n) is 9.52. The summed E-state index contributed by atoms with van der Waals surface area (Å²) in [6.45, 7) is 0.648. The average molecular weight is 621 g/mol. The molecular formula is C28H27Cl2F5N2O4. The molecule has 0 bridgehead atoms. The fraction of sp³-hybridized carbons (Fsp3) is 0.357. The molecule has 222 valence electrons. The van der Waals surface area contributed by atoms with Crippen LogP contribution >= 0.6 is 23.2 Å². The number of amides is 2. The van der Waals surface area contributed by atoms with Crippen LogP contribution in [0.5, 0.6) is 0 Å². The maximum atomic E-state index is 14.6. The topological polar surface area (TPSA) is 92.3 Å². The number of Topliss-reactive ketones (excluding diaryl/α,β-unsaturated/α-hetero) is 2. The number of hydrogen-bond donors (Lipinski definition) is 2. The summed E-state index contributed by atoms with van der Waals surface area (Å²) < 4.78 is 66.3. The number of rotatable bonds is 13. The predicted molar refractivity (Wildman–Crippen MR) is 145 cm³/mol. The average Bonchev–Trinajstić information content (AvgIpc) is 2.90. The molecule has 0 spiro atoms. The largest absolute Gasteiger partial charge is 0.405 e. The van der Waals surface area contributed by atoms with Crippen LogP contribution in [0, 0.1) is 11.8 Å². The molecule has 2 rings (SSSR count). The quantitative estimate of drug-likeness (QED) is 0.167. The Morgan fingerprint density at radius 3 is 2.12 bits per heavy atom. The minimum atomic E-state index is -4.97. The zero-order valence-corrected chi connectivity index (χ0v) is 23.4. The number of ketones is 2. The van der Waals surface area contributed by atoms with Crippen molar-refractivity contribution in [2.24, 2.45) is 11.8 Å². The molecular weight excluding hydrogens is 594 g/mol. The molecule has 0 heterocycles. The van der Waals surface area contributed by atoms with Gasteiger partial charge in [-0.2, -0.15) is 22.0 Å². The monoisotopic (exact) mass is 620 g/mol. The van der Waals surface area contributed by atoms with E-state index in [2.05, 4.69) is 5.32 Å². The normalized spacial score (nSPS) is 13.6. The Labute approximate surface area is 243 Å². The van der Waals surface area contributed by atoms with Crippen molar-refractivity contribution in [1.82, 2.24) is 10.6 Å². The third-order valence-electron chi connectivity index (χ3n) is 5.97. The summed E-state index contributed by atoms with van der Waals surface area (Å²) in [6, 6.07) is 11.8. The van der Waals surface area contributed by atoms with E-state index >= 15 is 0 Å². The van der Waals surface area contributed by atoms with Crippen LogP contribution in [-0.2, 0) is 25.6 Å². The first kappa shape index (κ1) is 33.9. The van der Waals surface area contributed by atoms with Gasteiger partial charge >= 0.3 is 12.1 Å². The van der Waals surface area contributed by atoms with Gasteiger partial charge in [-0.1, -0.05) is 73.4 Å². The summed E-state index contributed by atoms with van der Waals surface area (Å²) in [5.74, 6) is -13.4. The van der Waals surface area contributed by atoms with Crippen LogP contribution in [0.4, 0.5) is 22.0 Å². The van der Waals surface area contributed by atoms with Gasteiger partial charge in [-0.15, -0.1) is 0 Å². The lowest BCUT2D eigenvalue weighted by molar-refractivity contribution is -0.167. The van der Waals surface area contributed by atoms with Crippen LogP contribution in [0.15, 0.2) is 54.6 Å². The van der Waals surface area contributed by atoms with E-state index in [0.717, 1.165) is 11.4 Å². The number of hydrogen-bond acceptors (Lipinski definition) is 4. The predicted octanol–water partition coefficient (Wildman–Crippen LogP) is 5.85. The fourth-order valence-corrected chi connectivity index (χ4v) is 4.04. The lowest BCUT2D eigenvalue weighted by atomic mass is 9.82. The number of benzene rings is 2.